The van der Waals surface area contributed by atoms with Gasteiger partial charge < -0.3 is 4.89 Å². The second-order valence-electron chi connectivity index (χ2n) is 4.17. The lowest BCUT2D eigenvalue weighted by Crippen LogP contribution is -2.33. The lowest BCUT2D eigenvalue weighted by molar-refractivity contribution is 0.0661. The minimum atomic E-state index is -3.75. The van der Waals surface area contributed by atoms with E-state index in [2.05, 4.69) is 0 Å². The highest BCUT2D eigenvalue weighted by molar-refractivity contribution is 7.47. The van der Waals surface area contributed by atoms with Crippen LogP contribution in [0.1, 0.15) is 27.7 Å². The predicted molar refractivity (Wildman–Crippen MR) is 44.7 cm³/mol. The fourth-order valence-electron chi connectivity index (χ4n) is 1.38. The average Bonchev–Trinajstić information content (AvgIpc) is 2.03. The van der Waals surface area contributed by atoms with Crippen LogP contribution in [0.4, 0.5) is 0 Å². The Morgan fingerprint density at radius 2 is 1.83 bits per heavy atom. The maximum atomic E-state index is 11.0. The zero-order chi connectivity index (χ0) is 9.57. The van der Waals surface area contributed by atoms with Crippen LogP contribution in [0.2, 0.25) is 0 Å². The molecule has 0 aromatic heterocycles. The van der Waals surface area contributed by atoms with Crippen LogP contribution in [0.15, 0.2) is 0 Å². The summed E-state index contributed by atoms with van der Waals surface area (Å²) in [6.07, 6.45) is -0.630. The largest absolute Gasteiger partial charge is 0.472 e. The van der Waals surface area contributed by atoms with Gasteiger partial charge in [0.15, 0.2) is 0 Å². The highest BCUT2D eigenvalue weighted by Gasteiger charge is 2.46. The van der Waals surface area contributed by atoms with Gasteiger partial charge in [0.2, 0.25) is 0 Å². The fourth-order valence-corrected chi connectivity index (χ4v) is 2.74. The Hall–Kier alpha value is 0.110. The van der Waals surface area contributed by atoms with E-state index in [1.807, 2.05) is 20.8 Å². The molecule has 72 valence electrons. The molecule has 1 heterocycles. The SMILES string of the molecule is CC1OP(=O)(O)OC1C(C)(C)C. The second-order valence-corrected chi connectivity index (χ2v) is 5.53. The number of phosphoric acid groups is 1. The molecule has 1 N–H and O–H groups in total. The predicted octanol–water partition coefficient (Wildman–Crippen LogP) is 1.94. The van der Waals surface area contributed by atoms with Gasteiger partial charge >= 0.3 is 7.82 Å². The molecule has 0 bridgehead atoms. The summed E-state index contributed by atoms with van der Waals surface area (Å²) in [7, 11) is -3.75. The van der Waals surface area contributed by atoms with E-state index in [9.17, 15) is 4.57 Å². The van der Waals surface area contributed by atoms with Crippen molar-refractivity contribution in [3.63, 3.8) is 0 Å². The molecule has 0 aliphatic carbocycles. The van der Waals surface area contributed by atoms with Crippen molar-refractivity contribution in [2.45, 2.75) is 39.9 Å². The van der Waals surface area contributed by atoms with E-state index in [0.717, 1.165) is 0 Å². The second kappa shape index (κ2) is 2.81. The van der Waals surface area contributed by atoms with Crippen LogP contribution >= 0.6 is 7.82 Å². The average molecular weight is 194 g/mol. The quantitative estimate of drug-likeness (QED) is 0.598. The maximum Gasteiger partial charge on any atom is 0.472 e. The van der Waals surface area contributed by atoms with E-state index in [0.29, 0.717) is 0 Å². The summed E-state index contributed by atoms with van der Waals surface area (Å²) < 4.78 is 20.7. The lowest BCUT2D eigenvalue weighted by Gasteiger charge is -2.26. The molecule has 0 amide bonds. The third-order valence-corrected chi connectivity index (χ3v) is 2.92. The Morgan fingerprint density at radius 3 is 2.00 bits per heavy atom. The van der Waals surface area contributed by atoms with E-state index in [4.69, 9.17) is 13.9 Å². The van der Waals surface area contributed by atoms with Crippen molar-refractivity contribution in [3.8, 4) is 0 Å². The van der Waals surface area contributed by atoms with Crippen molar-refractivity contribution >= 4 is 7.82 Å². The van der Waals surface area contributed by atoms with Gasteiger partial charge in [0.25, 0.3) is 0 Å². The van der Waals surface area contributed by atoms with Gasteiger partial charge in [-0.1, -0.05) is 20.8 Å². The van der Waals surface area contributed by atoms with Crippen molar-refractivity contribution in [3.05, 3.63) is 0 Å². The van der Waals surface area contributed by atoms with Crippen molar-refractivity contribution in [1.29, 1.82) is 0 Å². The topological polar surface area (TPSA) is 55.8 Å². The zero-order valence-electron chi connectivity index (χ0n) is 7.77. The van der Waals surface area contributed by atoms with E-state index in [-0.39, 0.29) is 17.6 Å². The minimum Gasteiger partial charge on any atom is -0.302 e. The summed E-state index contributed by atoms with van der Waals surface area (Å²) >= 11 is 0. The fraction of sp³-hybridized carbons (Fsp3) is 1.00. The number of phosphoric ester groups is 1. The first-order valence-corrected chi connectivity index (χ1v) is 5.41. The number of rotatable bonds is 0. The maximum absolute atomic E-state index is 11.0. The Labute approximate surface area is 72.5 Å². The Kier molecular flexibility index (Phi) is 2.39. The van der Waals surface area contributed by atoms with Gasteiger partial charge in [0.05, 0.1) is 6.10 Å². The molecule has 1 fully saturated rings. The molecule has 0 radical (unpaired) electrons. The van der Waals surface area contributed by atoms with Gasteiger partial charge in [-0.3, -0.25) is 9.05 Å². The Balaban J connectivity index is 2.78. The van der Waals surface area contributed by atoms with Crippen LogP contribution in [0.25, 0.3) is 0 Å². The van der Waals surface area contributed by atoms with Crippen LogP contribution < -0.4 is 0 Å². The molecule has 3 atom stereocenters. The smallest absolute Gasteiger partial charge is 0.302 e. The van der Waals surface area contributed by atoms with Gasteiger partial charge in [-0.15, -0.1) is 0 Å². The summed E-state index contributed by atoms with van der Waals surface area (Å²) in [6.45, 7) is 7.58. The standard InChI is InChI=1S/C7H15O4P/c1-5-6(7(2,3)4)11-12(8,9)10-5/h5-6H,1-4H3,(H,8,9). The summed E-state index contributed by atoms with van der Waals surface area (Å²) in [5, 5.41) is 0. The molecule has 0 aromatic rings. The van der Waals surface area contributed by atoms with Crippen molar-refractivity contribution in [2.75, 3.05) is 0 Å². The zero-order valence-corrected chi connectivity index (χ0v) is 8.67. The first-order chi connectivity index (χ1) is 5.22. The van der Waals surface area contributed by atoms with Crippen LogP contribution in [0.3, 0.4) is 0 Å². The molecule has 1 rings (SSSR count). The van der Waals surface area contributed by atoms with Crippen LogP contribution in [0.5, 0.6) is 0 Å². The number of hydrogen-bond donors (Lipinski definition) is 1. The lowest BCUT2D eigenvalue weighted by atomic mass is 9.86. The molecule has 12 heavy (non-hydrogen) atoms. The highest BCUT2D eigenvalue weighted by atomic mass is 31.2. The molecule has 5 heteroatoms. The number of hydrogen-bond acceptors (Lipinski definition) is 3. The first kappa shape index (κ1) is 10.2. The van der Waals surface area contributed by atoms with Gasteiger partial charge in [0, 0.05) is 0 Å². The first-order valence-electron chi connectivity index (χ1n) is 3.92. The van der Waals surface area contributed by atoms with Crippen LogP contribution in [0, 0.1) is 5.41 Å². The van der Waals surface area contributed by atoms with Gasteiger partial charge in [-0.2, -0.15) is 0 Å². The molecular formula is C7H15O4P. The highest BCUT2D eigenvalue weighted by Crippen LogP contribution is 2.55. The third-order valence-electron chi connectivity index (χ3n) is 1.83. The van der Waals surface area contributed by atoms with E-state index >= 15 is 0 Å². The molecule has 3 unspecified atom stereocenters. The molecule has 0 spiro atoms. The molecule has 0 aromatic carbocycles. The van der Waals surface area contributed by atoms with E-state index in [1.165, 1.54) is 0 Å². The molecule has 0 saturated carbocycles. The molecule has 1 aliphatic rings. The summed E-state index contributed by atoms with van der Waals surface area (Å²) in [5.74, 6) is 0. The third kappa shape index (κ3) is 2.07. The van der Waals surface area contributed by atoms with Crippen LogP contribution in [-0.4, -0.2) is 17.1 Å². The van der Waals surface area contributed by atoms with Crippen LogP contribution in [-0.2, 0) is 13.6 Å². The molecule has 1 aliphatic heterocycles. The molecule has 1 saturated heterocycles. The summed E-state index contributed by atoms with van der Waals surface area (Å²) in [5.41, 5.74) is -0.172. The Bertz CT molecular complexity index is 220. The molecule has 4 nitrogen and oxygen atoms in total. The van der Waals surface area contributed by atoms with E-state index in [1.54, 1.807) is 6.92 Å². The van der Waals surface area contributed by atoms with Gasteiger partial charge in [-0.05, 0) is 12.3 Å². The van der Waals surface area contributed by atoms with Gasteiger partial charge in [-0.25, -0.2) is 4.57 Å². The molecular weight excluding hydrogens is 179 g/mol. The normalized spacial score (nSPS) is 43.4. The van der Waals surface area contributed by atoms with Crippen molar-refractivity contribution < 1.29 is 18.5 Å². The summed E-state index contributed by atoms with van der Waals surface area (Å²) in [4.78, 5) is 9.01. The van der Waals surface area contributed by atoms with Crippen molar-refractivity contribution in [1.82, 2.24) is 0 Å². The van der Waals surface area contributed by atoms with Crippen molar-refractivity contribution in [2.24, 2.45) is 5.41 Å². The summed E-state index contributed by atoms with van der Waals surface area (Å²) in [6, 6.07) is 0. The van der Waals surface area contributed by atoms with Gasteiger partial charge in [0.1, 0.15) is 6.10 Å². The Morgan fingerprint density at radius 1 is 1.33 bits per heavy atom. The monoisotopic (exact) mass is 194 g/mol. The van der Waals surface area contributed by atoms with E-state index < -0.39 is 7.82 Å². The minimum absolute atomic E-state index is 0.172.